The smallest absolute Gasteiger partial charge is 0.387 e. The first-order valence-corrected chi connectivity index (χ1v) is 8.79. The Morgan fingerprint density at radius 1 is 1.00 bits per heavy atom. The van der Waals surface area contributed by atoms with Crippen molar-refractivity contribution < 1.29 is 18.3 Å². The number of β-amino-alcohol motifs (C(OH)–C–C–N with tert-alkyl or cyclic N) is 1. The highest BCUT2D eigenvalue weighted by Gasteiger charge is 2.31. The molecule has 0 aliphatic carbocycles. The second-order valence-electron chi connectivity index (χ2n) is 6.41. The van der Waals surface area contributed by atoms with E-state index in [0.29, 0.717) is 43.4 Å². The van der Waals surface area contributed by atoms with Crippen LogP contribution in [0.15, 0.2) is 48.5 Å². The van der Waals surface area contributed by atoms with Crippen LogP contribution in [0.25, 0.3) is 0 Å². The van der Waals surface area contributed by atoms with Gasteiger partial charge in [-0.25, -0.2) is 0 Å². The van der Waals surface area contributed by atoms with Crippen molar-refractivity contribution in [1.29, 1.82) is 0 Å². The zero-order valence-corrected chi connectivity index (χ0v) is 14.8. The second kappa shape index (κ2) is 7.86. The molecular formula is C19H20ClF3N2O. The lowest BCUT2D eigenvalue weighted by Crippen LogP contribution is -2.47. The van der Waals surface area contributed by atoms with Crippen molar-refractivity contribution in [2.24, 2.45) is 0 Å². The monoisotopic (exact) mass is 384 g/mol. The minimum Gasteiger partial charge on any atom is -0.387 e. The summed E-state index contributed by atoms with van der Waals surface area (Å²) in [7, 11) is 0. The zero-order chi connectivity index (χ0) is 18.7. The van der Waals surface area contributed by atoms with E-state index >= 15 is 0 Å². The van der Waals surface area contributed by atoms with Gasteiger partial charge in [0.2, 0.25) is 0 Å². The molecule has 3 nitrogen and oxygen atoms in total. The Morgan fingerprint density at radius 2 is 1.69 bits per heavy atom. The van der Waals surface area contributed by atoms with Crippen molar-refractivity contribution in [2.75, 3.05) is 37.6 Å². The average molecular weight is 385 g/mol. The lowest BCUT2D eigenvalue weighted by molar-refractivity contribution is -0.137. The van der Waals surface area contributed by atoms with Crippen LogP contribution in [0.3, 0.4) is 0 Å². The van der Waals surface area contributed by atoms with E-state index < -0.39 is 17.8 Å². The number of rotatable bonds is 4. The first-order valence-electron chi connectivity index (χ1n) is 8.41. The van der Waals surface area contributed by atoms with E-state index in [1.54, 1.807) is 24.3 Å². The maximum atomic E-state index is 12.9. The van der Waals surface area contributed by atoms with Crippen molar-refractivity contribution in [3.05, 3.63) is 64.7 Å². The molecule has 1 atom stereocenters. The van der Waals surface area contributed by atoms with Crippen molar-refractivity contribution in [3.8, 4) is 0 Å². The number of alkyl halides is 3. The highest BCUT2D eigenvalue weighted by Crippen LogP contribution is 2.32. The standard InChI is InChI=1S/C19H20ClF3N2O/c20-16-5-1-3-14(11-16)18(26)13-24-7-9-25(10-8-24)17-6-2-4-15(12-17)19(21,22)23/h1-6,11-12,18,26H,7-10,13H2/t18-/m0/s1. The lowest BCUT2D eigenvalue weighted by Gasteiger charge is -2.37. The van der Waals surface area contributed by atoms with Crippen molar-refractivity contribution >= 4 is 17.3 Å². The lowest BCUT2D eigenvalue weighted by atomic mass is 10.1. The Balaban J connectivity index is 1.58. The average Bonchev–Trinajstić information content (AvgIpc) is 2.62. The number of halogens is 4. The number of anilines is 1. The molecule has 26 heavy (non-hydrogen) atoms. The van der Waals surface area contributed by atoms with Crippen LogP contribution in [0.1, 0.15) is 17.2 Å². The summed E-state index contributed by atoms with van der Waals surface area (Å²) in [5.74, 6) is 0. The topological polar surface area (TPSA) is 26.7 Å². The zero-order valence-electron chi connectivity index (χ0n) is 14.1. The van der Waals surface area contributed by atoms with Gasteiger partial charge >= 0.3 is 6.18 Å². The highest BCUT2D eigenvalue weighted by atomic mass is 35.5. The number of aliphatic hydroxyl groups excluding tert-OH is 1. The van der Waals surface area contributed by atoms with Gasteiger partial charge < -0.3 is 10.0 Å². The van der Waals surface area contributed by atoms with Gasteiger partial charge in [-0.15, -0.1) is 0 Å². The van der Waals surface area contributed by atoms with E-state index in [2.05, 4.69) is 4.90 Å². The molecule has 1 fully saturated rings. The quantitative estimate of drug-likeness (QED) is 0.855. The normalized spacial score (nSPS) is 17.3. The maximum absolute atomic E-state index is 12.9. The third kappa shape index (κ3) is 4.69. The van der Waals surface area contributed by atoms with Gasteiger partial charge in [0.25, 0.3) is 0 Å². The number of hydrogen-bond donors (Lipinski definition) is 1. The van der Waals surface area contributed by atoms with Crippen molar-refractivity contribution in [3.63, 3.8) is 0 Å². The van der Waals surface area contributed by atoms with Crippen LogP contribution in [-0.4, -0.2) is 42.7 Å². The molecule has 1 heterocycles. The van der Waals surface area contributed by atoms with Crippen LogP contribution in [0.2, 0.25) is 5.02 Å². The Kier molecular flexibility index (Phi) is 5.75. The van der Waals surface area contributed by atoms with Gasteiger partial charge in [0.05, 0.1) is 11.7 Å². The van der Waals surface area contributed by atoms with E-state index in [1.165, 1.54) is 12.1 Å². The molecular weight excluding hydrogens is 365 g/mol. The Labute approximate surface area is 155 Å². The fourth-order valence-electron chi connectivity index (χ4n) is 3.13. The fraction of sp³-hybridized carbons (Fsp3) is 0.368. The molecule has 0 saturated carbocycles. The first-order chi connectivity index (χ1) is 12.3. The molecule has 7 heteroatoms. The third-order valence-electron chi connectivity index (χ3n) is 4.58. The molecule has 1 N–H and O–H groups in total. The van der Waals surface area contributed by atoms with Gasteiger partial charge in [0.15, 0.2) is 0 Å². The summed E-state index contributed by atoms with van der Waals surface area (Å²) in [6.45, 7) is 3.05. The first kappa shape index (κ1) is 19.0. The number of aliphatic hydroxyl groups is 1. The predicted molar refractivity (Wildman–Crippen MR) is 96.5 cm³/mol. The molecule has 1 aliphatic rings. The van der Waals surface area contributed by atoms with Gasteiger partial charge in [-0.1, -0.05) is 29.8 Å². The molecule has 0 amide bonds. The number of hydrogen-bond acceptors (Lipinski definition) is 3. The summed E-state index contributed by atoms with van der Waals surface area (Å²) in [6.07, 6.45) is -4.98. The van der Waals surface area contributed by atoms with Gasteiger partial charge in [-0.05, 0) is 35.9 Å². The molecule has 140 valence electrons. The van der Waals surface area contributed by atoms with Crippen molar-refractivity contribution in [2.45, 2.75) is 12.3 Å². The van der Waals surface area contributed by atoms with E-state index in [1.807, 2.05) is 11.0 Å². The van der Waals surface area contributed by atoms with Gasteiger partial charge in [0, 0.05) is 43.4 Å². The summed E-state index contributed by atoms with van der Waals surface area (Å²) in [4.78, 5) is 4.05. The summed E-state index contributed by atoms with van der Waals surface area (Å²) >= 11 is 5.95. The fourth-order valence-corrected chi connectivity index (χ4v) is 3.33. The minimum atomic E-state index is -4.33. The van der Waals surface area contributed by atoms with Gasteiger partial charge in [-0.2, -0.15) is 13.2 Å². The molecule has 2 aromatic carbocycles. The molecule has 0 bridgehead atoms. The van der Waals surface area contributed by atoms with Crippen LogP contribution < -0.4 is 4.90 Å². The Morgan fingerprint density at radius 3 is 2.35 bits per heavy atom. The highest BCUT2D eigenvalue weighted by molar-refractivity contribution is 6.30. The SMILES string of the molecule is O[C@@H](CN1CCN(c2cccc(C(F)(F)F)c2)CC1)c1cccc(Cl)c1. The van der Waals surface area contributed by atoms with E-state index in [4.69, 9.17) is 11.6 Å². The van der Waals surface area contributed by atoms with E-state index in [9.17, 15) is 18.3 Å². The van der Waals surface area contributed by atoms with Crippen LogP contribution in [-0.2, 0) is 6.18 Å². The molecule has 1 saturated heterocycles. The molecule has 0 unspecified atom stereocenters. The Hall–Kier alpha value is -1.76. The number of nitrogens with zero attached hydrogens (tertiary/aromatic N) is 2. The Bertz CT molecular complexity index is 746. The second-order valence-corrected chi connectivity index (χ2v) is 6.84. The molecule has 0 spiro atoms. The largest absolute Gasteiger partial charge is 0.416 e. The van der Waals surface area contributed by atoms with Gasteiger partial charge in [-0.3, -0.25) is 4.90 Å². The summed E-state index contributed by atoms with van der Waals surface area (Å²) in [5.41, 5.74) is 0.710. The van der Waals surface area contributed by atoms with Crippen molar-refractivity contribution in [1.82, 2.24) is 4.90 Å². The van der Waals surface area contributed by atoms with Crippen LogP contribution in [0, 0.1) is 0 Å². The molecule has 3 rings (SSSR count). The van der Waals surface area contributed by atoms with Crippen LogP contribution >= 0.6 is 11.6 Å². The van der Waals surface area contributed by atoms with E-state index in [0.717, 1.165) is 11.6 Å². The maximum Gasteiger partial charge on any atom is 0.416 e. The van der Waals surface area contributed by atoms with E-state index in [-0.39, 0.29) is 0 Å². The number of piperazine rings is 1. The van der Waals surface area contributed by atoms with Crippen LogP contribution in [0.5, 0.6) is 0 Å². The summed E-state index contributed by atoms with van der Waals surface area (Å²) < 4.78 is 38.6. The predicted octanol–water partition coefficient (Wildman–Crippen LogP) is 4.21. The summed E-state index contributed by atoms with van der Waals surface area (Å²) in [6, 6.07) is 12.5. The molecule has 0 aromatic heterocycles. The van der Waals surface area contributed by atoms with Gasteiger partial charge in [0.1, 0.15) is 0 Å². The third-order valence-corrected chi connectivity index (χ3v) is 4.81. The molecule has 1 aliphatic heterocycles. The summed E-state index contributed by atoms with van der Waals surface area (Å²) in [5, 5.41) is 10.9. The minimum absolute atomic E-state index is 0.469. The van der Waals surface area contributed by atoms with Crippen LogP contribution in [0.4, 0.5) is 18.9 Å². The molecule has 0 radical (unpaired) electrons. The number of benzene rings is 2. The molecule has 2 aromatic rings.